The molecule has 2 N–H and O–H groups in total. The van der Waals surface area contributed by atoms with Gasteiger partial charge in [-0.25, -0.2) is 0 Å². The summed E-state index contributed by atoms with van der Waals surface area (Å²) in [5.74, 6) is 0.558. The maximum atomic E-state index is 6.10. The van der Waals surface area contributed by atoms with Crippen molar-refractivity contribution in [1.29, 1.82) is 0 Å². The molecule has 0 fully saturated rings. The van der Waals surface area contributed by atoms with Crippen LogP contribution in [0.2, 0.25) is 0 Å². The summed E-state index contributed by atoms with van der Waals surface area (Å²) in [6, 6.07) is 8.77. The monoisotopic (exact) mass is 247 g/mol. The topological polar surface area (TPSA) is 35.2 Å². The lowest BCUT2D eigenvalue weighted by molar-refractivity contribution is 0.0757. The average molecular weight is 247 g/mol. The molecule has 2 unspecified atom stereocenters. The highest BCUT2D eigenvalue weighted by atomic mass is 16.5. The Balaban J connectivity index is 1.92. The van der Waals surface area contributed by atoms with Crippen LogP contribution in [-0.4, -0.2) is 18.8 Å². The molecule has 2 heteroatoms. The van der Waals surface area contributed by atoms with Crippen LogP contribution in [0.3, 0.4) is 0 Å². The maximum Gasteiger partial charge on any atom is 0.0643 e. The molecule has 2 atom stereocenters. The summed E-state index contributed by atoms with van der Waals surface area (Å²) >= 11 is 0. The van der Waals surface area contributed by atoms with Crippen LogP contribution in [0.15, 0.2) is 24.3 Å². The van der Waals surface area contributed by atoms with Crippen molar-refractivity contribution in [3.8, 4) is 0 Å². The van der Waals surface area contributed by atoms with Crippen molar-refractivity contribution in [2.75, 3.05) is 13.2 Å². The standard InChI is InChI=1S/C16H25NO/c1-3-16(2,17)12-18-11-14-9-6-8-13-7-4-5-10-15(13)14/h4-5,7,10,14H,3,6,8-9,11-12,17H2,1-2H3. The van der Waals surface area contributed by atoms with Crippen LogP contribution >= 0.6 is 0 Å². The Morgan fingerprint density at radius 2 is 2.17 bits per heavy atom. The highest BCUT2D eigenvalue weighted by Gasteiger charge is 2.21. The normalized spacial score (nSPS) is 22.3. The number of aryl methyl sites for hydroxylation is 1. The molecule has 2 nitrogen and oxygen atoms in total. The van der Waals surface area contributed by atoms with Gasteiger partial charge in [-0.05, 0) is 43.7 Å². The van der Waals surface area contributed by atoms with Crippen LogP contribution in [0.5, 0.6) is 0 Å². The van der Waals surface area contributed by atoms with Gasteiger partial charge in [0.05, 0.1) is 13.2 Å². The van der Waals surface area contributed by atoms with Crippen molar-refractivity contribution < 1.29 is 4.74 Å². The first-order valence-corrected chi connectivity index (χ1v) is 7.07. The second-order valence-electron chi connectivity index (χ2n) is 5.81. The number of hydrogen-bond donors (Lipinski definition) is 1. The maximum absolute atomic E-state index is 6.10. The zero-order valence-electron chi connectivity index (χ0n) is 11.6. The Morgan fingerprint density at radius 1 is 1.39 bits per heavy atom. The Hall–Kier alpha value is -0.860. The third-order valence-corrected chi connectivity index (χ3v) is 4.05. The first kappa shape index (κ1) is 13.6. The van der Waals surface area contributed by atoms with Gasteiger partial charge in [0.2, 0.25) is 0 Å². The van der Waals surface area contributed by atoms with Gasteiger partial charge in [-0.15, -0.1) is 0 Å². The highest BCUT2D eigenvalue weighted by Crippen LogP contribution is 2.31. The molecule has 18 heavy (non-hydrogen) atoms. The van der Waals surface area contributed by atoms with Crippen LogP contribution in [0.4, 0.5) is 0 Å². The summed E-state index contributed by atoms with van der Waals surface area (Å²) < 4.78 is 5.86. The molecule has 0 spiro atoms. The third kappa shape index (κ3) is 3.33. The predicted molar refractivity (Wildman–Crippen MR) is 75.8 cm³/mol. The molecule has 1 aromatic carbocycles. The fourth-order valence-electron chi connectivity index (χ4n) is 2.56. The van der Waals surface area contributed by atoms with Crippen LogP contribution in [-0.2, 0) is 11.2 Å². The summed E-state index contributed by atoms with van der Waals surface area (Å²) in [5.41, 5.74) is 8.90. The van der Waals surface area contributed by atoms with Crippen molar-refractivity contribution in [2.24, 2.45) is 5.73 Å². The molecule has 0 saturated carbocycles. The van der Waals surface area contributed by atoms with Crippen molar-refractivity contribution in [3.63, 3.8) is 0 Å². The average Bonchev–Trinajstić information content (AvgIpc) is 2.39. The molecular formula is C16H25NO. The lowest BCUT2D eigenvalue weighted by atomic mass is 9.83. The van der Waals surface area contributed by atoms with E-state index in [0.717, 1.165) is 13.0 Å². The van der Waals surface area contributed by atoms with E-state index in [4.69, 9.17) is 10.5 Å². The van der Waals surface area contributed by atoms with Gasteiger partial charge >= 0.3 is 0 Å². The van der Waals surface area contributed by atoms with E-state index in [2.05, 4.69) is 38.1 Å². The van der Waals surface area contributed by atoms with E-state index in [1.807, 2.05) is 0 Å². The lowest BCUT2D eigenvalue weighted by Crippen LogP contribution is -2.40. The van der Waals surface area contributed by atoms with Gasteiger partial charge in [-0.3, -0.25) is 0 Å². The Labute approximate surface area is 111 Å². The van der Waals surface area contributed by atoms with Gasteiger partial charge in [0.1, 0.15) is 0 Å². The van der Waals surface area contributed by atoms with Crippen LogP contribution in [0, 0.1) is 0 Å². The molecule has 0 bridgehead atoms. The minimum Gasteiger partial charge on any atom is -0.379 e. The fourth-order valence-corrected chi connectivity index (χ4v) is 2.56. The van der Waals surface area contributed by atoms with Gasteiger partial charge in [0.15, 0.2) is 0 Å². The number of benzene rings is 1. The quantitative estimate of drug-likeness (QED) is 0.867. The largest absolute Gasteiger partial charge is 0.379 e. The lowest BCUT2D eigenvalue weighted by Gasteiger charge is -2.28. The van der Waals surface area contributed by atoms with E-state index in [1.165, 1.54) is 30.4 Å². The van der Waals surface area contributed by atoms with Gasteiger partial charge in [0, 0.05) is 11.5 Å². The molecule has 0 heterocycles. The molecule has 0 amide bonds. The van der Waals surface area contributed by atoms with Gasteiger partial charge in [-0.1, -0.05) is 31.2 Å². The minimum atomic E-state index is -0.186. The molecule has 1 aromatic rings. The Morgan fingerprint density at radius 3 is 2.94 bits per heavy atom. The van der Waals surface area contributed by atoms with Gasteiger partial charge in [-0.2, -0.15) is 0 Å². The zero-order valence-corrected chi connectivity index (χ0v) is 11.6. The molecule has 1 aliphatic rings. The molecule has 0 radical (unpaired) electrons. The number of nitrogens with two attached hydrogens (primary N) is 1. The summed E-state index contributed by atoms with van der Waals surface area (Å²) in [5, 5.41) is 0. The number of rotatable bonds is 5. The van der Waals surface area contributed by atoms with E-state index in [0.29, 0.717) is 12.5 Å². The number of ether oxygens (including phenoxy) is 1. The first-order chi connectivity index (χ1) is 8.62. The van der Waals surface area contributed by atoms with Gasteiger partial charge < -0.3 is 10.5 Å². The number of fused-ring (bicyclic) bond motifs is 1. The van der Waals surface area contributed by atoms with Crippen molar-refractivity contribution >= 4 is 0 Å². The van der Waals surface area contributed by atoms with Crippen LogP contribution in [0.25, 0.3) is 0 Å². The van der Waals surface area contributed by atoms with Crippen molar-refractivity contribution in [3.05, 3.63) is 35.4 Å². The Bertz CT molecular complexity index is 386. The predicted octanol–water partition coefficient (Wildman–Crippen LogP) is 3.25. The van der Waals surface area contributed by atoms with E-state index < -0.39 is 0 Å². The smallest absolute Gasteiger partial charge is 0.0643 e. The van der Waals surface area contributed by atoms with E-state index in [-0.39, 0.29) is 5.54 Å². The molecule has 0 aliphatic heterocycles. The second kappa shape index (κ2) is 5.85. The Kier molecular flexibility index (Phi) is 4.41. The molecule has 1 aliphatic carbocycles. The van der Waals surface area contributed by atoms with E-state index in [1.54, 1.807) is 0 Å². The van der Waals surface area contributed by atoms with Gasteiger partial charge in [0.25, 0.3) is 0 Å². The van der Waals surface area contributed by atoms with Crippen LogP contribution in [0.1, 0.15) is 50.2 Å². The first-order valence-electron chi connectivity index (χ1n) is 7.07. The minimum absolute atomic E-state index is 0.186. The zero-order chi connectivity index (χ0) is 13.0. The molecular weight excluding hydrogens is 222 g/mol. The van der Waals surface area contributed by atoms with Crippen LogP contribution < -0.4 is 5.73 Å². The van der Waals surface area contributed by atoms with Crippen molar-refractivity contribution in [2.45, 2.75) is 51.0 Å². The molecule has 0 saturated heterocycles. The SMILES string of the molecule is CCC(C)(N)COCC1CCCc2ccccc21. The van der Waals surface area contributed by atoms with Crippen molar-refractivity contribution in [1.82, 2.24) is 0 Å². The second-order valence-corrected chi connectivity index (χ2v) is 5.81. The number of hydrogen-bond acceptors (Lipinski definition) is 2. The summed E-state index contributed by atoms with van der Waals surface area (Å²) in [6.07, 6.45) is 4.69. The molecule has 100 valence electrons. The molecule has 0 aromatic heterocycles. The summed E-state index contributed by atoms with van der Waals surface area (Å²) in [4.78, 5) is 0. The fraction of sp³-hybridized carbons (Fsp3) is 0.625. The third-order valence-electron chi connectivity index (χ3n) is 4.05. The van der Waals surface area contributed by atoms with E-state index in [9.17, 15) is 0 Å². The summed E-state index contributed by atoms with van der Waals surface area (Å²) in [6.45, 7) is 5.63. The summed E-state index contributed by atoms with van der Waals surface area (Å²) in [7, 11) is 0. The molecule has 2 rings (SSSR count). The van der Waals surface area contributed by atoms with E-state index >= 15 is 0 Å². The highest BCUT2D eigenvalue weighted by molar-refractivity contribution is 5.32.